The minimum atomic E-state index is -0.474. The number of hydrogen-bond donors (Lipinski definition) is 0. The molecule has 32 heavy (non-hydrogen) atoms. The van der Waals surface area contributed by atoms with Crippen molar-refractivity contribution in [2.45, 2.75) is 111 Å². The molecule has 0 radical (unpaired) electrons. The Morgan fingerprint density at radius 3 is 2.19 bits per heavy atom. The van der Waals surface area contributed by atoms with Crippen LogP contribution in [0.5, 0.6) is 0 Å². The number of hydrogen-bond acceptors (Lipinski definition) is 1. The van der Waals surface area contributed by atoms with Gasteiger partial charge in [0, 0.05) is 36.8 Å². The van der Waals surface area contributed by atoms with Crippen LogP contribution in [0.25, 0.3) is 0 Å². The van der Waals surface area contributed by atoms with Gasteiger partial charge < -0.3 is 4.57 Å². The molecule has 0 spiro atoms. The summed E-state index contributed by atoms with van der Waals surface area (Å²) in [6.45, 7) is 11.8. The molecule has 2 aromatic rings. The van der Waals surface area contributed by atoms with Crippen molar-refractivity contribution < 1.29 is 8.78 Å². The summed E-state index contributed by atoms with van der Waals surface area (Å²) < 4.78 is 31.4. The third kappa shape index (κ3) is 6.89. The molecule has 4 heteroatoms. The minimum absolute atomic E-state index is 0.327. The number of rotatable bonds is 15. The summed E-state index contributed by atoms with van der Waals surface area (Å²) in [5.41, 5.74) is 0.495. The van der Waals surface area contributed by atoms with Crippen molar-refractivity contribution >= 4 is 0 Å². The minimum Gasteiger partial charge on any atom is -0.334 e. The van der Waals surface area contributed by atoms with Crippen LogP contribution in [0.1, 0.15) is 104 Å². The maximum Gasteiger partial charge on any atom is 0.126 e. The molecule has 1 heterocycles. The Morgan fingerprint density at radius 1 is 0.906 bits per heavy atom. The first-order valence-electron chi connectivity index (χ1n) is 12.9. The molecule has 0 saturated heterocycles. The predicted octanol–water partition coefficient (Wildman–Crippen LogP) is 8.48. The normalized spacial score (nSPS) is 15.5. The molecule has 0 aliphatic heterocycles. The number of aromatic nitrogens is 2. The van der Waals surface area contributed by atoms with E-state index < -0.39 is 11.6 Å². The smallest absolute Gasteiger partial charge is 0.126 e. The van der Waals surface area contributed by atoms with E-state index in [4.69, 9.17) is 0 Å². The summed E-state index contributed by atoms with van der Waals surface area (Å²) in [7, 11) is 0. The van der Waals surface area contributed by atoms with E-state index in [1.54, 1.807) is 12.1 Å². The van der Waals surface area contributed by atoms with Gasteiger partial charge in [-0.25, -0.2) is 13.8 Å². The number of nitrogens with zero attached hydrogens (tertiary/aromatic N) is 2. The fourth-order valence-corrected chi connectivity index (χ4v) is 5.65. The van der Waals surface area contributed by atoms with Gasteiger partial charge in [-0.1, -0.05) is 73.1 Å². The second-order valence-electron chi connectivity index (χ2n) is 9.72. The lowest BCUT2D eigenvalue weighted by atomic mass is 9.62. The fourth-order valence-electron chi connectivity index (χ4n) is 5.65. The highest BCUT2D eigenvalue weighted by Gasteiger charge is 2.41. The zero-order valence-electron chi connectivity index (χ0n) is 21.0. The third-order valence-corrected chi connectivity index (χ3v) is 7.08. The Bertz CT molecular complexity index is 780. The molecular formula is C28H44F2N2. The number of unbranched alkanes of at least 4 members (excludes halogenated alkanes) is 2. The molecule has 180 valence electrons. The molecule has 3 atom stereocenters. The molecule has 0 N–H and O–H groups in total. The first-order valence-corrected chi connectivity index (χ1v) is 12.9. The molecular weight excluding hydrogens is 402 g/mol. The highest BCUT2D eigenvalue weighted by Crippen LogP contribution is 2.46. The Labute approximate surface area is 194 Å². The Balaban J connectivity index is 2.67. The van der Waals surface area contributed by atoms with Gasteiger partial charge in [0.15, 0.2) is 0 Å². The van der Waals surface area contributed by atoms with Crippen LogP contribution in [0, 0.1) is 23.5 Å². The molecule has 0 saturated carbocycles. The van der Waals surface area contributed by atoms with Crippen LogP contribution in [0.4, 0.5) is 8.78 Å². The maximum absolute atomic E-state index is 14.6. The van der Waals surface area contributed by atoms with Crippen LogP contribution in [0.15, 0.2) is 30.6 Å². The van der Waals surface area contributed by atoms with Crippen molar-refractivity contribution in [2.75, 3.05) is 0 Å². The Morgan fingerprint density at radius 2 is 1.59 bits per heavy atom. The van der Waals surface area contributed by atoms with E-state index in [0.29, 0.717) is 11.8 Å². The van der Waals surface area contributed by atoms with Gasteiger partial charge >= 0.3 is 0 Å². The van der Waals surface area contributed by atoms with Gasteiger partial charge in [-0.05, 0) is 48.8 Å². The van der Waals surface area contributed by atoms with Gasteiger partial charge in [-0.2, -0.15) is 0 Å². The average Bonchev–Trinajstić information content (AvgIpc) is 3.19. The number of aryl methyl sites for hydroxylation is 1. The highest BCUT2D eigenvalue weighted by molar-refractivity contribution is 5.29. The lowest BCUT2D eigenvalue weighted by Crippen LogP contribution is -2.42. The highest BCUT2D eigenvalue weighted by atomic mass is 19.1. The van der Waals surface area contributed by atoms with Crippen molar-refractivity contribution in [3.05, 3.63) is 53.6 Å². The molecule has 0 aliphatic carbocycles. The Hall–Kier alpha value is -1.71. The average molecular weight is 447 g/mol. The van der Waals surface area contributed by atoms with Gasteiger partial charge in [0.05, 0.1) is 0 Å². The van der Waals surface area contributed by atoms with Gasteiger partial charge in [0.25, 0.3) is 0 Å². The van der Waals surface area contributed by atoms with Crippen molar-refractivity contribution in [3.63, 3.8) is 0 Å². The van der Waals surface area contributed by atoms with Gasteiger partial charge in [-0.3, -0.25) is 0 Å². The molecule has 3 unspecified atom stereocenters. The summed E-state index contributed by atoms with van der Waals surface area (Å²) in [5.74, 6) is 0.936. The standard InChI is InChI=1S/C28H44F2N2/c1-6-10-11-14-23(13-8-3)28(20-22(5)12-7-2,21-32-16-15-31-27(32)9-4)24-17-25(29)19-26(30)18-24/h15-19,22-23H,6-14,20-21H2,1-5H3. The largest absolute Gasteiger partial charge is 0.334 e. The third-order valence-electron chi connectivity index (χ3n) is 7.08. The summed E-state index contributed by atoms with van der Waals surface area (Å²) >= 11 is 0. The molecule has 1 aromatic carbocycles. The van der Waals surface area contributed by atoms with Crippen LogP contribution < -0.4 is 0 Å². The van der Waals surface area contributed by atoms with Crippen LogP contribution in [0.2, 0.25) is 0 Å². The van der Waals surface area contributed by atoms with Crippen molar-refractivity contribution in [1.29, 1.82) is 0 Å². The lowest BCUT2D eigenvalue weighted by Gasteiger charge is -2.44. The van der Waals surface area contributed by atoms with E-state index in [2.05, 4.69) is 44.2 Å². The van der Waals surface area contributed by atoms with E-state index >= 15 is 0 Å². The molecule has 0 bridgehead atoms. The first-order chi connectivity index (χ1) is 15.4. The molecule has 2 nitrogen and oxygen atoms in total. The van der Waals surface area contributed by atoms with Crippen LogP contribution >= 0.6 is 0 Å². The van der Waals surface area contributed by atoms with E-state index in [9.17, 15) is 8.78 Å². The summed E-state index contributed by atoms with van der Waals surface area (Å²) in [4.78, 5) is 4.56. The van der Waals surface area contributed by atoms with Gasteiger partial charge in [0.1, 0.15) is 17.5 Å². The molecule has 2 rings (SSSR count). The zero-order valence-corrected chi connectivity index (χ0v) is 21.0. The zero-order chi connectivity index (χ0) is 23.6. The van der Waals surface area contributed by atoms with E-state index in [1.165, 1.54) is 12.8 Å². The molecule has 1 aromatic heterocycles. The van der Waals surface area contributed by atoms with E-state index in [-0.39, 0.29) is 5.41 Å². The van der Waals surface area contributed by atoms with Crippen molar-refractivity contribution in [2.24, 2.45) is 11.8 Å². The number of benzene rings is 1. The molecule has 0 fully saturated rings. The molecule has 0 aliphatic rings. The maximum atomic E-state index is 14.6. The quantitative estimate of drug-likeness (QED) is 0.251. The van der Waals surface area contributed by atoms with Crippen LogP contribution in [-0.2, 0) is 18.4 Å². The van der Waals surface area contributed by atoms with Crippen molar-refractivity contribution in [1.82, 2.24) is 9.55 Å². The van der Waals surface area contributed by atoms with Crippen LogP contribution in [0.3, 0.4) is 0 Å². The summed E-state index contributed by atoms with van der Waals surface area (Å²) in [6, 6.07) is 4.21. The van der Waals surface area contributed by atoms with Crippen LogP contribution in [-0.4, -0.2) is 9.55 Å². The Kier molecular flexibility index (Phi) is 10.9. The predicted molar refractivity (Wildman–Crippen MR) is 131 cm³/mol. The van der Waals surface area contributed by atoms with Crippen molar-refractivity contribution in [3.8, 4) is 0 Å². The lowest BCUT2D eigenvalue weighted by molar-refractivity contribution is 0.156. The summed E-state index contributed by atoms with van der Waals surface area (Å²) in [6.07, 6.45) is 14.7. The molecule has 0 amide bonds. The van der Waals surface area contributed by atoms with Gasteiger partial charge in [-0.15, -0.1) is 0 Å². The second-order valence-corrected chi connectivity index (χ2v) is 9.72. The topological polar surface area (TPSA) is 17.8 Å². The van der Waals surface area contributed by atoms with E-state index in [1.807, 2.05) is 12.4 Å². The summed E-state index contributed by atoms with van der Waals surface area (Å²) in [5, 5.41) is 0. The van der Waals surface area contributed by atoms with E-state index in [0.717, 1.165) is 75.4 Å². The fraction of sp³-hybridized carbons (Fsp3) is 0.679. The number of halogens is 2. The second kappa shape index (κ2) is 13.1. The first kappa shape index (κ1) is 26.5. The SMILES string of the molecule is CCCCCC(CCC)C(CC(C)CCC)(Cn1ccnc1CC)c1cc(F)cc(F)c1. The monoisotopic (exact) mass is 446 g/mol. The number of imidazole rings is 1. The van der Waals surface area contributed by atoms with Gasteiger partial charge in [0.2, 0.25) is 0 Å².